The van der Waals surface area contributed by atoms with Crippen LogP contribution in [0.25, 0.3) is 0 Å². The first-order valence-corrected chi connectivity index (χ1v) is 6.59. The van der Waals surface area contributed by atoms with Crippen LogP contribution < -0.4 is 21.1 Å². The molecule has 1 atom stereocenters. The van der Waals surface area contributed by atoms with Crippen molar-refractivity contribution < 1.29 is 14.3 Å². The van der Waals surface area contributed by atoms with E-state index in [9.17, 15) is 4.79 Å². The number of nitrogens with two attached hydrogens (primary N) is 1. The molecular formula is C14H23N3O3. The third kappa shape index (κ3) is 5.46. The third-order valence-corrected chi connectivity index (χ3v) is 2.58. The number of amides is 2. The monoisotopic (exact) mass is 281 g/mol. The van der Waals surface area contributed by atoms with Crippen LogP contribution in [-0.4, -0.2) is 38.4 Å². The van der Waals surface area contributed by atoms with E-state index in [1.54, 1.807) is 19.2 Å². The number of anilines is 1. The first-order valence-electron chi connectivity index (χ1n) is 6.59. The van der Waals surface area contributed by atoms with Crippen LogP contribution in [0.2, 0.25) is 0 Å². The molecule has 112 valence electrons. The van der Waals surface area contributed by atoms with Crippen molar-refractivity contribution in [3.63, 3.8) is 0 Å². The zero-order chi connectivity index (χ0) is 15.0. The fourth-order valence-electron chi connectivity index (χ4n) is 1.53. The van der Waals surface area contributed by atoms with Crippen molar-refractivity contribution in [2.75, 3.05) is 25.6 Å². The fraction of sp³-hybridized carbons (Fsp3) is 0.500. The number of hydrogen-bond donors (Lipinski definition) is 3. The van der Waals surface area contributed by atoms with Gasteiger partial charge in [0.1, 0.15) is 18.5 Å². The van der Waals surface area contributed by atoms with Gasteiger partial charge in [0.15, 0.2) is 0 Å². The normalized spacial score (nSPS) is 12.1. The zero-order valence-electron chi connectivity index (χ0n) is 12.2. The molecule has 0 heterocycles. The van der Waals surface area contributed by atoms with Crippen LogP contribution in [0.3, 0.4) is 0 Å². The van der Waals surface area contributed by atoms with E-state index >= 15 is 0 Å². The van der Waals surface area contributed by atoms with Gasteiger partial charge < -0.3 is 25.8 Å². The van der Waals surface area contributed by atoms with Gasteiger partial charge in [0, 0.05) is 19.7 Å². The average Bonchev–Trinajstić information content (AvgIpc) is 2.40. The van der Waals surface area contributed by atoms with E-state index in [2.05, 4.69) is 10.6 Å². The van der Waals surface area contributed by atoms with E-state index in [0.717, 1.165) is 0 Å². The predicted molar refractivity (Wildman–Crippen MR) is 79.1 cm³/mol. The number of benzene rings is 1. The second kappa shape index (κ2) is 8.39. The first-order chi connectivity index (χ1) is 9.56. The van der Waals surface area contributed by atoms with Gasteiger partial charge in [-0.25, -0.2) is 4.79 Å². The van der Waals surface area contributed by atoms with Crippen molar-refractivity contribution >= 4 is 11.7 Å². The highest BCUT2D eigenvalue weighted by atomic mass is 16.5. The van der Waals surface area contributed by atoms with Crippen LogP contribution in [-0.2, 0) is 4.74 Å². The minimum atomic E-state index is -0.266. The van der Waals surface area contributed by atoms with Crippen LogP contribution in [0, 0.1) is 0 Å². The summed E-state index contributed by atoms with van der Waals surface area (Å²) in [5.41, 5.74) is 6.15. The number of nitrogens with one attached hydrogen (secondary N) is 2. The lowest BCUT2D eigenvalue weighted by molar-refractivity contribution is 0.0646. The van der Waals surface area contributed by atoms with Crippen molar-refractivity contribution in [2.24, 2.45) is 5.73 Å². The summed E-state index contributed by atoms with van der Waals surface area (Å²) in [6, 6.07) is 7.03. The van der Waals surface area contributed by atoms with Crippen molar-refractivity contribution in [1.82, 2.24) is 5.32 Å². The maximum absolute atomic E-state index is 11.7. The Morgan fingerprint density at radius 2 is 2.05 bits per heavy atom. The molecule has 0 fully saturated rings. The van der Waals surface area contributed by atoms with Gasteiger partial charge >= 0.3 is 6.03 Å². The quantitative estimate of drug-likeness (QED) is 0.708. The lowest BCUT2D eigenvalue weighted by Gasteiger charge is -2.17. The highest BCUT2D eigenvalue weighted by Gasteiger charge is 2.10. The average molecular weight is 281 g/mol. The molecule has 1 aromatic carbocycles. The Balaban J connectivity index is 2.65. The lowest BCUT2D eigenvalue weighted by Crippen LogP contribution is -2.34. The van der Waals surface area contributed by atoms with Crippen LogP contribution in [0.1, 0.15) is 13.8 Å². The molecule has 1 rings (SSSR count). The van der Waals surface area contributed by atoms with Gasteiger partial charge in [-0.1, -0.05) is 12.1 Å². The van der Waals surface area contributed by atoms with Gasteiger partial charge in [0.2, 0.25) is 0 Å². The molecule has 0 aliphatic heterocycles. The number of hydrogen-bond acceptors (Lipinski definition) is 4. The summed E-state index contributed by atoms with van der Waals surface area (Å²) in [4.78, 5) is 11.7. The predicted octanol–water partition coefficient (Wildman–Crippen LogP) is 1.57. The van der Waals surface area contributed by atoms with E-state index < -0.39 is 0 Å². The Bertz CT molecular complexity index is 420. The number of carbonyl (C=O) groups excluding carboxylic acids is 1. The molecule has 0 saturated carbocycles. The third-order valence-electron chi connectivity index (χ3n) is 2.58. The molecule has 6 heteroatoms. The van der Waals surface area contributed by atoms with Gasteiger partial charge in [-0.3, -0.25) is 0 Å². The van der Waals surface area contributed by atoms with Gasteiger partial charge in [-0.15, -0.1) is 0 Å². The highest BCUT2D eigenvalue weighted by molar-refractivity contribution is 5.91. The molecule has 0 radical (unpaired) electrons. The summed E-state index contributed by atoms with van der Waals surface area (Å²) < 4.78 is 10.8. The molecule has 4 N–H and O–H groups in total. The van der Waals surface area contributed by atoms with E-state index in [1.807, 2.05) is 26.0 Å². The number of para-hydroxylation sites is 2. The summed E-state index contributed by atoms with van der Waals surface area (Å²) in [6.07, 6.45) is -0.174. The fourth-order valence-corrected chi connectivity index (χ4v) is 1.53. The number of ether oxygens (including phenoxy) is 2. The largest absolute Gasteiger partial charge is 0.489 e. The molecule has 0 aliphatic carbocycles. The number of urea groups is 1. The smallest absolute Gasteiger partial charge is 0.319 e. The minimum absolute atomic E-state index is 0.0678. The van der Waals surface area contributed by atoms with Gasteiger partial charge in [0.05, 0.1) is 5.69 Å². The Morgan fingerprint density at radius 3 is 2.65 bits per heavy atom. The summed E-state index contributed by atoms with van der Waals surface area (Å²) in [5, 5.41) is 5.51. The molecule has 0 aliphatic rings. The lowest BCUT2D eigenvalue weighted by atomic mass is 10.3. The van der Waals surface area contributed by atoms with Crippen LogP contribution in [0.5, 0.6) is 5.75 Å². The number of methoxy groups -OCH3 is 1. The van der Waals surface area contributed by atoms with Crippen LogP contribution >= 0.6 is 0 Å². The number of rotatable bonds is 7. The molecule has 20 heavy (non-hydrogen) atoms. The van der Waals surface area contributed by atoms with Gasteiger partial charge in [0.25, 0.3) is 0 Å². The Morgan fingerprint density at radius 1 is 1.35 bits per heavy atom. The molecule has 0 aromatic heterocycles. The highest BCUT2D eigenvalue weighted by Crippen LogP contribution is 2.23. The molecule has 2 amide bonds. The summed E-state index contributed by atoms with van der Waals surface area (Å²) in [6.45, 7) is 4.50. The topological polar surface area (TPSA) is 85.6 Å². The standard InChI is InChI=1S/C14H23N3O3/c1-10(2)16-14(18)17-12-6-4-5-7-13(12)20-9-11(8-15)19-3/h4-7,10-11H,8-9,15H2,1-3H3,(H2,16,17,18). The molecule has 0 spiro atoms. The van der Waals surface area contributed by atoms with Gasteiger partial charge in [-0.05, 0) is 26.0 Å². The minimum Gasteiger partial charge on any atom is -0.489 e. The molecule has 1 unspecified atom stereocenters. The maximum atomic E-state index is 11.7. The molecule has 6 nitrogen and oxygen atoms in total. The Kier molecular flexibility index (Phi) is 6.83. The second-order valence-electron chi connectivity index (χ2n) is 4.65. The van der Waals surface area contributed by atoms with Gasteiger partial charge in [-0.2, -0.15) is 0 Å². The van der Waals surface area contributed by atoms with Crippen LogP contribution in [0.15, 0.2) is 24.3 Å². The summed E-state index contributed by atoms with van der Waals surface area (Å²) in [7, 11) is 1.58. The molecule has 1 aromatic rings. The molecular weight excluding hydrogens is 258 g/mol. The SMILES string of the molecule is COC(CN)COc1ccccc1NC(=O)NC(C)C. The van der Waals surface area contributed by atoms with E-state index in [0.29, 0.717) is 24.6 Å². The summed E-state index contributed by atoms with van der Waals surface area (Å²) >= 11 is 0. The zero-order valence-corrected chi connectivity index (χ0v) is 12.2. The number of carbonyl (C=O) groups is 1. The second-order valence-corrected chi connectivity index (χ2v) is 4.65. The van der Waals surface area contributed by atoms with Crippen molar-refractivity contribution in [3.8, 4) is 5.75 Å². The maximum Gasteiger partial charge on any atom is 0.319 e. The van der Waals surface area contributed by atoms with E-state index in [-0.39, 0.29) is 18.2 Å². The first kappa shape index (κ1) is 16.3. The van der Waals surface area contributed by atoms with E-state index in [1.165, 1.54) is 0 Å². The summed E-state index contributed by atoms with van der Waals surface area (Å²) in [5.74, 6) is 0.585. The Labute approximate surface area is 119 Å². The van der Waals surface area contributed by atoms with Crippen molar-refractivity contribution in [2.45, 2.75) is 26.0 Å². The van der Waals surface area contributed by atoms with Crippen molar-refractivity contribution in [3.05, 3.63) is 24.3 Å². The molecule has 0 bridgehead atoms. The van der Waals surface area contributed by atoms with E-state index in [4.69, 9.17) is 15.2 Å². The van der Waals surface area contributed by atoms with Crippen molar-refractivity contribution in [1.29, 1.82) is 0 Å². The molecule has 0 saturated heterocycles. The van der Waals surface area contributed by atoms with Crippen LogP contribution in [0.4, 0.5) is 10.5 Å². The Hall–Kier alpha value is -1.79.